The minimum atomic E-state index is -0.630. The van der Waals surface area contributed by atoms with Crippen LogP contribution >= 0.6 is 0 Å². The molecule has 1 radical (unpaired) electrons. The summed E-state index contributed by atoms with van der Waals surface area (Å²) in [6.07, 6.45) is 10.7. The van der Waals surface area contributed by atoms with E-state index in [0.29, 0.717) is 13.1 Å². The Balaban J connectivity index is 1.65. The van der Waals surface area contributed by atoms with Crippen molar-refractivity contribution in [3.63, 3.8) is 0 Å². The second kappa shape index (κ2) is 8.08. The van der Waals surface area contributed by atoms with E-state index >= 15 is 0 Å². The van der Waals surface area contributed by atoms with E-state index < -0.39 is 6.61 Å². The fourth-order valence-corrected chi connectivity index (χ4v) is 4.28. The standard InChI is InChI=1S/C19H28N3O2/c23-16-18(24)22-13-7-19(8-14-22,17-5-3-9-20-15-17)6-4-12-21-10-1-2-11-21/h3,5,9,15H,1-2,4,6-8,10-14,16H2. The molecule has 1 aromatic rings. The molecular formula is C19H28N3O2. The van der Waals surface area contributed by atoms with E-state index in [1.807, 2.05) is 18.5 Å². The average molecular weight is 330 g/mol. The Kier molecular flexibility index (Phi) is 5.85. The first-order chi connectivity index (χ1) is 11.7. The molecule has 2 saturated heterocycles. The Bertz CT molecular complexity index is 521. The first-order valence-corrected chi connectivity index (χ1v) is 9.22. The molecule has 0 saturated carbocycles. The lowest BCUT2D eigenvalue weighted by atomic mass is 9.70. The van der Waals surface area contributed by atoms with Crippen LogP contribution in [0.2, 0.25) is 0 Å². The molecular weight excluding hydrogens is 302 g/mol. The number of likely N-dealkylation sites (tertiary alicyclic amines) is 2. The van der Waals surface area contributed by atoms with Crippen LogP contribution in [0.5, 0.6) is 0 Å². The number of pyridine rings is 1. The number of carbonyl (C=O) groups is 1. The van der Waals surface area contributed by atoms with E-state index in [-0.39, 0.29) is 11.3 Å². The average Bonchev–Trinajstić information content (AvgIpc) is 3.16. The first kappa shape index (κ1) is 17.4. The van der Waals surface area contributed by atoms with Crippen molar-refractivity contribution in [3.8, 4) is 0 Å². The molecule has 3 rings (SSSR count). The Labute approximate surface area is 144 Å². The molecule has 0 spiro atoms. The van der Waals surface area contributed by atoms with Crippen LogP contribution in [-0.2, 0) is 15.3 Å². The van der Waals surface area contributed by atoms with Gasteiger partial charge < -0.3 is 9.80 Å². The summed E-state index contributed by atoms with van der Waals surface area (Å²) in [6.45, 7) is 4.41. The van der Waals surface area contributed by atoms with Gasteiger partial charge in [0.2, 0.25) is 0 Å². The van der Waals surface area contributed by atoms with Crippen LogP contribution in [0.25, 0.3) is 0 Å². The van der Waals surface area contributed by atoms with Gasteiger partial charge in [0.25, 0.3) is 5.91 Å². The summed E-state index contributed by atoms with van der Waals surface area (Å²) in [7, 11) is 0. The van der Waals surface area contributed by atoms with Crippen molar-refractivity contribution in [2.24, 2.45) is 0 Å². The van der Waals surface area contributed by atoms with Crippen molar-refractivity contribution in [2.45, 2.75) is 43.9 Å². The number of rotatable bonds is 6. The van der Waals surface area contributed by atoms with Gasteiger partial charge in [-0.1, -0.05) is 6.07 Å². The third-order valence-electron chi connectivity index (χ3n) is 5.80. The molecule has 5 heteroatoms. The molecule has 131 valence electrons. The van der Waals surface area contributed by atoms with Crippen LogP contribution in [0.15, 0.2) is 24.5 Å². The molecule has 1 aromatic heterocycles. The van der Waals surface area contributed by atoms with Gasteiger partial charge in [-0.05, 0) is 69.8 Å². The molecule has 3 heterocycles. The highest BCUT2D eigenvalue weighted by Crippen LogP contribution is 2.39. The van der Waals surface area contributed by atoms with Gasteiger partial charge in [-0.3, -0.25) is 9.78 Å². The lowest BCUT2D eigenvalue weighted by Gasteiger charge is -2.42. The van der Waals surface area contributed by atoms with Crippen molar-refractivity contribution in [3.05, 3.63) is 30.1 Å². The smallest absolute Gasteiger partial charge is 0.251 e. The highest BCUT2D eigenvalue weighted by molar-refractivity contribution is 5.77. The van der Waals surface area contributed by atoms with Crippen LogP contribution < -0.4 is 0 Å². The summed E-state index contributed by atoms with van der Waals surface area (Å²) >= 11 is 0. The van der Waals surface area contributed by atoms with Gasteiger partial charge in [0.1, 0.15) is 0 Å². The largest absolute Gasteiger partial charge is 0.341 e. The van der Waals surface area contributed by atoms with Crippen molar-refractivity contribution in [1.29, 1.82) is 0 Å². The molecule has 1 amide bonds. The predicted molar refractivity (Wildman–Crippen MR) is 92.2 cm³/mol. The topological polar surface area (TPSA) is 56.3 Å². The zero-order valence-corrected chi connectivity index (χ0v) is 14.5. The Morgan fingerprint density at radius 2 is 1.92 bits per heavy atom. The maximum absolute atomic E-state index is 11.7. The van der Waals surface area contributed by atoms with E-state index in [1.165, 1.54) is 44.5 Å². The van der Waals surface area contributed by atoms with Gasteiger partial charge in [0.05, 0.1) is 0 Å². The molecule has 0 unspecified atom stereocenters. The molecule has 5 nitrogen and oxygen atoms in total. The number of aromatic nitrogens is 1. The fraction of sp³-hybridized carbons (Fsp3) is 0.684. The second-order valence-electron chi connectivity index (χ2n) is 7.20. The Hall–Kier alpha value is -1.46. The van der Waals surface area contributed by atoms with E-state index in [0.717, 1.165) is 19.3 Å². The zero-order valence-electron chi connectivity index (χ0n) is 14.5. The first-order valence-electron chi connectivity index (χ1n) is 9.22. The third kappa shape index (κ3) is 3.95. The quantitative estimate of drug-likeness (QED) is 0.804. The van der Waals surface area contributed by atoms with Crippen molar-refractivity contribution >= 4 is 5.91 Å². The minimum absolute atomic E-state index is 0.105. The number of hydrogen-bond donors (Lipinski definition) is 0. The van der Waals surface area contributed by atoms with Crippen molar-refractivity contribution < 1.29 is 9.90 Å². The molecule has 2 aliphatic rings. The lowest BCUT2D eigenvalue weighted by molar-refractivity contribution is -0.137. The molecule has 0 N–H and O–H groups in total. The van der Waals surface area contributed by atoms with E-state index in [9.17, 15) is 9.90 Å². The highest BCUT2D eigenvalue weighted by Gasteiger charge is 2.37. The summed E-state index contributed by atoms with van der Waals surface area (Å²) in [4.78, 5) is 20.3. The van der Waals surface area contributed by atoms with Crippen molar-refractivity contribution in [1.82, 2.24) is 14.8 Å². The normalized spacial score (nSPS) is 21.1. The Morgan fingerprint density at radius 1 is 1.17 bits per heavy atom. The van der Waals surface area contributed by atoms with E-state index in [2.05, 4.69) is 16.0 Å². The summed E-state index contributed by atoms with van der Waals surface area (Å²) < 4.78 is 0. The zero-order chi connectivity index (χ0) is 16.8. The summed E-state index contributed by atoms with van der Waals surface area (Å²) in [5, 5.41) is 10.9. The van der Waals surface area contributed by atoms with Crippen LogP contribution in [0, 0.1) is 0 Å². The van der Waals surface area contributed by atoms with Gasteiger partial charge >= 0.3 is 0 Å². The van der Waals surface area contributed by atoms with Crippen LogP contribution in [0.3, 0.4) is 0 Å². The molecule has 0 bridgehead atoms. The van der Waals surface area contributed by atoms with Gasteiger partial charge in [-0.25, -0.2) is 5.11 Å². The second-order valence-corrected chi connectivity index (χ2v) is 7.20. The highest BCUT2D eigenvalue weighted by atomic mass is 16.3. The SMILES string of the molecule is [O]CC(=O)N1CCC(CCCN2CCCC2)(c2cccnc2)CC1. The van der Waals surface area contributed by atoms with Crippen LogP contribution in [0.4, 0.5) is 0 Å². The fourth-order valence-electron chi connectivity index (χ4n) is 4.28. The van der Waals surface area contributed by atoms with Crippen LogP contribution in [-0.4, -0.2) is 60.0 Å². The number of amides is 1. The number of piperidine rings is 1. The van der Waals surface area contributed by atoms with Crippen molar-refractivity contribution in [2.75, 3.05) is 39.3 Å². The summed E-state index contributed by atoms with van der Waals surface area (Å²) in [5.74, 6) is -0.258. The molecule has 2 fully saturated rings. The monoisotopic (exact) mass is 330 g/mol. The maximum atomic E-state index is 11.7. The molecule has 24 heavy (non-hydrogen) atoms. The Morgan fingerprint density at radius 3 is 2.54 bits per heavy atom. The van der Waals surface area contributed by atoms with Gasteiger partial charge in [-0.2, -0.15) is 0 Å². The van der Waals surface area contributed by atoms with Gasteiger partial charge in [0, 0.05) is 30.9 Å². The molecule has 0 aromatic carbocycles. The van der Waals surface area contributed by atoms with E-state index in [4.69, 9.17) is 0 Å². The van der Waals surface area contributed by atoms with E-state index in [1.54, 1.807) is 4.90 Å². The maximum Gasteiger partial charge on any atom is 0.251 e. The number of carbonyl (C=O) groups excluding carboxylic acids is 1. The summed E-state index contributed by atoms with van der Waals surface area (Å²) in [6, 6.07) is 4.18. The number of hydrogen-bond acceptors (Lipinski definition) is 3. The minimum Gasteiger partial charge on any atom is -0.341 e. The van der Waals surface area contributed by atoms with Crippen LogP contribution in [0.1, 0.15) is 44.1 Å². The molecule has 2 aliphatic heterocycles. The van der Waals surface area contributed by atoms with Gasteiger partial charge in [-0.15, -0.1) is 0 Å². The predicted octanol–water partition coefficient (Wildman–Crippen LogP) is 2.25. The molecule has 0 aliphatic carbocycles. The van der Waals surface area contributed by atoms with Gasteiger partial charge in [0.15, 0.2) is 6.61 Å². The summed E-state index contributed by atoms with van der Waals surface area (Å²) in [5.41, 5.74) is 1.40. The number of nitrogens with zero attached hydrogens (tertiary/aromatic N) is 3. The lowest BCUT2D eigenvalue weighted by Crippen LogP contribution is -2.46. The third-order valence-corrected chi connectivity index (χ3v) is 5.80. The molecule has 0 atom stereocenters.